The van der Waals surface area contributed by atoms with E-state index in [-0.39, 0.29) is 0 Å². The minimum Gasteiger partial charge on any atom is -0.354 e. The smallest absolute Gasteiger partial charge is 0.195 e. The Bertz CT molecular complexity index is 378. The second-order valence-corrected chi connectivity index (χ2v) is 4.23. The number of rotatable bonds is 1. The molecule has 14 heavy (non-hydrogen) atoms. The standard InChI is InChI=1S/C9H9BrClN3/c10-6-1-2-7(11)8(5-6)14-9-12-3-4-13-9/h1-2,5H,3-4H2,(H2,12,13,14). The maximum Gasteiger partial charge on any atom is 0.195 e. The van der Waals surface area contributed by atoms with Gasteiger partial charge in [0.1, 0.15) is 0 Å². The van der Waals surface area contributed by atoms with E-state index in [4.69, 9.17) is 11.6 Å². The van der Waals surface area contributed by atoms with E-state index >= 15 is 0 Å². The number of anilines is 1. The number of halogens is 2. The molecule has 0 saturated heterocycles. The minimum absolute atomic E-state index is 0.685. The average molecular weight is 275 g/mol. The summed E-state index contributed by atoms with van der Waals surface area (Å²) < 4.78 is 0.989. The second-order valence-electron chi connectivity index (χ2n) is 2.91. The van der Waals surface area contributed by atoms with Crippen LogP contribution in [-0.4, -0.2) is 19.0 Å². The fraction of sp³-hybridized carbons (Fsp3) is 0.222. The van der Waals surface area contributed by atoms with Gasteiger partial charge in [-0.1, -0.05) is 27.5 Å². The predicted molar refractivity (Wildman–Crippen MR) is 63.1 cm³/mol. The Morgan fingerprint density at radius 2 is 2.36 bits per heavy atom. The largest absolute Gasteiger partial charge is 0.354 e. The van der Waals surface area contributed by atoms with E-state index in [2.05, 4.69) is 31.6 Å². The highest BCUT2D eigenvalue weighted by molar-refractivity contribution is 9.10. The summed E-state index contributed by atoms with van der Waals surface area (Å²) in [4.78, 5) is 4.22. The van der Waals surface area contributed by atoms with Gasteiger partial charge in [-0.3, -0.25) is 4.99 Å². The maximum atomic E-state index is 6.01. The quantitative estimate of drug-likeness (QED) is 0.825. The molecule has 0 spiro atoms. The van der Waals surface area contributed by atoms with Crippen molar-refractivity contribution in [2.24, 2.45) is 4.99 Å². The molecule has 2 rings (SSSR count). The summed E-state index contributed by atoms with van der Waals surface area (Å²) >= 11 is 9.40. The van der Waals surface area contributed by atoms with Crippen LogP contribution in [0.15, 0.2) is 27.7 Å². The van der Waals surface area contributed by atoms with E-state index in [1.807, 2.05) is 18.2 Å². The van der Waals surface area contributed by atoms with Crippen LogP contribution in [0.4, 0.5) is 5.69 Å². The molecule has 0 radical (unpaired) electrons. The number of benzene rings is 1. The van der Waals surface area contributed by atoms with Crippen LogP contribution in [0.25, 0.3) is 0 Å². The highest BCUT2D eigenvalue weighted by Gasteiger charge is 2.07. The first-order chi connectivity index (χ1) is 6.75. The Hall–Kier alpha value is -0.740. The molecule has 0 aliphatic carbocycles. The van der Waals surface area contributed by atoms with E-state index in [9.17, 15) is 0 Å². The molecule has 1 aromatic carbocycles. The first kappa shape index (κ1) is 9.80. The van der Waals surface area contributed by atoms with Gasteiger partial charge in [-0.2, -0.15) is 0 Å². The van der Waals surface area contributed by atoms with Gasteiger partial charge in [-0.05, 0) is 18.2 Å². The van der Waals surface area contributed by atoms with Crippen molar-refractivity contribution in [1.82, 2.24) is 5.32 Å². The SMILES string of the molecule is Clc1ccc(Br)cc1NC1=NCCN1. The number of nitrogens with one attached hydrogen (secondary N) is 2. The second kappa shape index (κ2) is 4.19. The molecule has 2 N–H and O–H groups in total. The van der Waals surface area contributed by atoms with E-state index in [1.165, 1.54) is 0 Å². The lowest BCUT2D eigenvalue weighted by molar-refractivity contribution is 0.959. The Labute approximate surface area is 95.7 Å². The molecule has 0 fully saturated rings. The van der Waals surface area contributed by atoms with Crippen LogP contribution in [0.3, 0.4) is 0 Å². The maximum absolute atomic E-state index is 6.01. The fourth-order valence-electron chi connectivity index (χ4n) is 1.20. The van der Waals surface area contributed by atoms with Gasteiger partial charge < -0.3 is 10.6 Å². The minimum atomic E-state index is 0.685. The zero-order chi connectivity index (χ0) is 9.97. The van der Waals surface area contributed by atoms with Crippen LogP contribution in [-0.2, 0) is 0 Å². The third-order valence-electron chi connectivity index (χ3n) is 1.86. The van der Waals surface area contributed by atoms with Crippen molar-refractivity contribution in [1.29, 1.82) is 0 Å². The molecular formula is C9H9BrClN3. The van der Waals surface area contributed by atoms with E-state index < -0.39 is 0 Å². The van der Waals surface area contributed by atoms with Gasteiger partial charge in [0.2, 0.25) is 0 Å². The van der Waals surface area contributed by atoms with Gasteiger partial charge in [-0.25, -0.2) is 0 Å². The molecule has 0 saturated carbocycles. The number of hydrogen-bond donors (Lipinski definition) is 2. The lowest BCUT2D eigenvalue weighted by Gasteiger charge is -2.08. The molecule has 0 unspecified atom stereocenters. The highest BCUT2D eigenvalue weighted by Crippen LogP contribution is 2.25. The fourth-order valence-corrected chi connectivity index (χ4v) is 1.73. The lowest BCUT2D eigenvalue weighted by Crippen LogP contribution is -2.26. The van der Waals surface area contributed by atoms with E-state index in [0.29, 0.717) is 5.02 Å². The molecule has 3 nitrogen and oxygen atoms in total. The van der Waals surface area contributed by atoms with Crippen molar-refractivity contribution in [3.63, 3.8) is 0 Å². The van der Waals surface area contributed by atoms with Crippen molar-refractivity contribution in [3.8, 4) is 0 Å². The lowest BCUT2D eigenvalue weighted by atomic mass is 10.3. The number of nitrogens with zero attached hydrogens (tertiary/aromatic N) is 1. The summed E-state index contributed by atoms with van der Waals surface area (Å²) in [5, 5.41) is 6.93. The van der Waals surface area contributed by atoms with Gasteiger partial charge in [0.05, 0.1) is 17.3 Å². The van der Waals surface area contributed by atoms with Crippen molar-refractivity contribution < 1.29 is 0 Å². The number of hydrogen-bond acceptors (Lipinski definition) is 3. The topological polar surface area (TPSA) is 36.4 Å². The van der Waals surface area contributed by atoms with Crippen molar-refractivity contribution in [2.45, 2.75) is 0 Å². The molecule has 0 bridgehead atoms. The summed E-state index contributed by atoms with van der Waals surface area (Å²) in [5.74, 6) is 0.782. The molecule has 1 aliphatic rings. The highest BCUT2D eigenvalue weighted by atomic mass is 79.9. The van der Waals surface area contributed by atoms with Gasteiger partial charge in [0.15, 0.2) is 5.96 Å². The summed E-state index contributed by atoms with van der Waals surface area (Å²) in [6.07, 6.45) is 0. The summed E-state index contributed by atoms with van der Waals surface area (Å²) in [6.45, 7) is 1.70. The first-order valence-electron chi connectivity index (χ1n) is 4.26. The van der Waals surface area contributed by atoms with Gasteiger partial charge in [0.25, 0.3) is 0 Å². The van der Waals surface area contributed by atoms with E-state index in [1.54, 1.807) is 0 Å². The van der Waals surface area contributed by atoms with Crippen molar-refractivity contribution in [2.75, 3.05) is 18.4 Å². The van der Waals surface area contributed by atoms with E-state index in [0.717, 1.165) is 29.2 Å². The normalized spacial score (nSPS) is 14.9. The van der Waals surface area contributed by atoms with Gasteiger partial charge in [0, 0.05) is 11.0 Å². The van der Waals surface area contributed by atoms with Gasteiger partial charge in [-0.15, -0.1) is 0 Å². The first-order valence-corrected chi connectivity index (χ1v) is 5.43. The zero-order valence-electron chi connectivity index (χ0n) is 7.35. The van der Waals surface area contributed by atoms with Crippen LogP contribution in [0.5, 0.6) is 0 Å². The summed E-state index contributed by atoms with van der Waals surface area (Å²) in [7, 11) is 0. The Balaban J connectivity index is 2.19. The molecular weight excluding hydrogens is 265 g/mol. The van der Waals surface area contributed by atoms with Crippen molar-refractivity contribution in [3.05, 3.63) is 27.7 Å². The Morgan fingerprint density at radius 1 is 1.50 bits per heavy atom. The predicted octanol–water partition coefficient (Wildman–Crippen LogP) is 2.47. The average Bonchev–Trinajstić information content (AvgIpc) is 2.64. The molecule has 1 aliphatic heterocycles. The van der Waals surface area contributed by atoms with Gasteiger partial charge >= 0.3 is 0 Å². The molecule has 0 amide bonds. The van der Waals surface area contributed by atoms with Crippen LogP contribution in [0.2, 0.25) is 5.02 Å². The van der Waals surface area contributed by atoms with Crippen LogP contribution < -0.4 is 10.6 Å². The van der Waals surface area contributed by atoms with Crippen LogP contribution in [0.1, 0.15) is 0 Å². The van der Waals surface area contributed by atoms with Crippen molar-refractivity contribution >= 4 is 39.2 Å². The molecule has 1 heterocycles. The summed E-state index contributed by atoms with van der Waals surface area (Å²) in [6, 6.07) is 5.66. The number of aliphatic imine (C=N–C) groups is 1. The molecule has 0 aromatic heterocycles. The molecule has 1 aromatic rings. The van der Waals surface area contributed by atoms with Crippen LogP contribution >= 0.6 is 27.5 Å². The monoisotopic (exact) mass is 273 g/mol. The molecule has 74 valence electrons. The third kappa shape index (κ3) is 2.19. The number of guanidine groups is 1. The van der Waals surface area contributed by atoms with Crippen LogP contribution in [0, 0.1) is 0 Å². The molecule has 0 atom stereocenters. The Morgan fingerprint density at radius 3 is 3.07 bits per heavy atom. The molecule has 5 heteroatoms. The summed E-state index contributed by atoms with van der Waals surface area (Å²) in [5.41, 5.74) is 0.856. The third-order valence-corrected chi connectivity index (χ3v) is 2.68. The Kier molecular flexibility index (Phi) is 2.93. The zero-order valence-corrected chi connectivity index (χ0v) is 9.69.